The number of hydrogen-bond donors (Lipinski definition) is 2. The summed E-state index contributed by atoms with van der Waals surface area (Å²) in [4.78, 5) is 12.4. The number of nitrogens with one attached hydrogen (secondary N) is 2. The van der Waals surface area contributed by atoms with Crippen molar-refractivity contribution in [2.45, 2.75) is 0 Å². The van der Waals surface area contributed by atoms with Crippen LogP contribution in [0.5, 0.6) is 0 Å². The zero-order valence-electron chi connectivity index (χ0n) is 11.3. The van der Waals surface area contributed by atoms with Crippen LogP contribution in [-0.4, -0.2) is 15.0 Å². The zero-order chi connectivity index (χ0) is 15.4. The van der Waals surface area contributed by atoms with E-state index in [1.54, 1.807) is 0 Å². The van der Waals surface area contributed by atoms with Gasteiger partial charge in [-0.15, -0.1) is 0 Å². The minimum atomic E-state index is 0.119. The van der Waals surface area contributed by atoms with Gasteiger partial charge in [0, 0.05) is 15.8 Å². The van der Waals surface area contributed by atoms with Crippen molar-refractivity contribution in [2.75, 3.05) is 10.6 Å². The molecule has 7 heteroatoms. The van der Waals surface area contributed by atoms with Crippen LogP contribution in [0.25, 0.3) is 0 Å². The third kappa shape index (κ3) is 3.93. The fourth-order valence-electron chi connectivity index (χ4n) is 1.77. The topological polar surface area (TPSA) is 62.7 Å². The molecule has 110 valence electrons. The van der Waals surface area contributed by atoms with Crippen LogP contribution in [0.3, 0.4) is 0 Å². The molecule has 0 aliphatic rings. The molecule has 3 aromatic rings. The summed E-state index contributed by atoms with van der Waals surface area (Å²) >= 11 is 9.35. The Labute approximate surface area is 140 Å². The van der Waals surface area contributed by atoms with E-state index >= 15 is 0 Å². The van der Waals surface area contributed by atoms with E-state index in [1.165, 1.54) is 0 Å². The molecule has 0 amide bonds. The van der Waals surface area contributed by atoms with Crippen LogP contribution in [-0.2, 0) is 0 Å². The SMILES string of the molecule is Clc1nc(Nc2ccccc2)nc(Nc2ccc(Br)cc2)n1. The van der Waals surface area contributed by atoms with Gasteiger partial charge in [0.25, 0.3) is 0 Å². The van der Waals surface area contributed by atoms with E-state index in [-0.39, 0.29) is 5.28 Å². The molecule has 22 heavy (non-hydrogen) atoms. The molecule has 0 fully saturated rings. The van der Waals surface area contributed by atoms with Crippen LogP contribution in [0, 0.1) is 0 Å². The molecule has 0 radical (unpaired) electrons. The smallest absolute Gasteiger partial charge is 0.233 e. The number of nitrogens with zero attached hydrogens (tertiary/aromatic N) is 3. The van der Waals surface area contributed by atoms with Crippen molar-refractivity contribution in [3.8, 4) is 0 Å². The Morgan fingerprint density at radius 1 is 0.727 bits per heavy atom. The van der Waals surface area contributed by atoms with Gasteiger partial charge in [0.2, 0.25) is 17.2 Å². The fraction of sp³-hybridized carbons (Fsp3) is 0. The Balaban J connectivity index is 1.82. The van der Waals surface area contributed by atoms with Crippen LogP contribution in [0.4, 0.5) is 23.3 Å². The normalized spacial score (nSPS) is 10.3. The van der Waals surface area contributed by atoms with Crippen LogP contribution in [0.2, 0.25) is 5.28 Å². The Morgan fingerprint density at radius 3 is 1.86 bits per heavy atom. The minimum absolute atomic E-state index is 0.119. The van der Waals surface area contributed by atoms with Crippen LogP contribution in [0.1, 0.15) is 0 Å². The second-order valence-electron chi connectivity index (χ2n) is 4.37. The van der Waals surface area contributed by atoms with Gasteiger partial charge in [0.05, 0.1) is 0 Å². The maximum atomic E-state index is 5.96. The van der Waals surface area contributed by atoms with Gasteiger partial charge >= 0.3 is 0 Å². The van der Waals surface area contributed by atoms with Gasteiger partial charge in [-0.2, -0.15) is 15.0 Å². The summed E-state index contributed by atoms with van der Waals surface area (Å²) in [7, 11) is 0. The number of rotatable bonds is 4. The first-order valence-electron chi connectivity index (χ1n) is 6.45. The molecule has 0 unspecified atom stereocenters. The first-order chi connectivity index (χ1) is 10.7. The Kier molecular flexibility index (Phi) is 4.50. The third-order valence-electron chi connectivity index (χ3n) is 2.74. The van der Waals surface area contributed by atoms with Gasteiger partial charge in [-0.05, 0) is 48.0 Å². The summed E-state index contributed by atoms with van der Waals surface area (Å²) in [5.74, 6) is 0.756. The monoisotopic (exact) mass is 375 g/mol. The standard InChI is InChI=1S/C15H11BrClN5/c16-10-6-8-12(9-7-10)19-15-21-13(17)20-14(22-15)18-11-4-2-1-3-5-11/h1-9H,(H2,18,19,20,21,22). The predicted octanol–water partition coefficient (Wildman–Crippen LogP) is 4.77. The second-order valence-corrected chi connectivity index (χ2v) is 5.63. The summed E-state index contributed by atoms with van der Waals surface area (Å²) in [6, 6.07) is 17.3. The van der Waals surface area contributed by atoms with Crippen LogP contribution >= 0.6 is 27.5 Å². The average Bonchev–Trinajstić information content (AvgIpc) is 2.50. The maximum absolute atomic E-state index is 5.96. The molecule has 2 N–H and O–H groups in total. The highest BCUT2D eigenvalue weighted by atomic mass is 79.9. The Morgan fingerprint density at radius 2 is 1.27 bits per heavy atom. The number of hydrogen-bond acceptors (Lipinski definition) is 5. The van der Waals surface area contributed by atoms with Crippen molar-refractivity contribution in [1.82, 2.24) is 15.0 Å². The molecule has 3 rings (SSSR count). The summed E-state index contributed by atoms with van der Waals surface area (Å²) in [5, 5.41) is 6.30. The number of anilines is 4. The van der Waals surface area contributed by atoms with Crippen LogP contribution in [0.15, 0.2) is 59.1 Å². The fourth-order valence-corrected chi connectivity index (χ4v) is 2.20. The van der Waals surface area contributed by atoms with Gasteiger partial charge in [-0.25, -0.2) is 0 Å². The van der Waals surface area contributed by atoms with Crippen molar-refractivity contribution >= 4 is 50.8 Å². The van der Waals surface area contributed by atoms with Crippen molar-refractivity contribution in [2.24, 2.45) is 0 Å². The van der Waals surface area contributed by atoms with Gasteiger partial charge < -0.3 is 10.6 Å². The molecule has 0 bridgehead atoms. The van der Waals surface area contributed by atoms with Crippen LogP contribution < -0.4 is 10.6 Å². The van der Waals surface area contributed by atoms with Gasteiger partial charge in [-0.1, -0.05) is 34.1 Å². The quantitative estimate of drug-likeness (QED) is 0.686. The van der Waals surface area contributed by atoms with E-state index in [9.17, 15) is 0 Å². The lowest BCUT2D eigenvalue weighted by Gasteiger charge is -2.08. The van der Waals surface area contributed by atoms with Gasteiger partial charge in [-0.3, -0.25) is 0 Å². The average molecular weight is 377 g/mol. The Bertz CT molecular complexity index is 765. The maximum Gasteiger partial charge on any atom is 0.233 e. The zero-order valence-corrected chi connectivity index (χ0v) is 13.6. The molecular formula is C15H11BrClN5. The van der Waals surface area contributed by atoms with Crippen molar-refractivity contribution in [1.29, 1.82) is 0 Å². The molecule has 1 aromatic heterocycles. The lowest BCUT2D eigenvalue weighted by Crippen LogP contribution is -2.03. The van der Waals surface area contributed by atoms with E-state index in [2.05, 4.69) is 41.5 Å². The summed E-state index contributed by atoms with van der Waals surface area (Å²) in [5.41, 5.74) is 1.73. The molecule has 0 saturated heterocycles. The molecule has 2 aromatic carbocycles. The van der Waals surface area contributed by atoms with Gasteiger partial charge in [0.15, 0.2) is 0 Å². The molecule has 5 nitrogen and oxygen atoms in total. The third-order valence-corrected chi connectivity index (χ3v) is 3.44. The first-order valence-corrected chi connectivity index (χ1v) is 7.62. The van der Waals surface area contributed by atoms with E-state index in [0.717, 1.165) is 15.8 Å². The number of para-hydroxylation sites is 1. The van der Waals surface area contributed by atoms with E-state index < -0.39 is 0 Å². The predicted molar refractivity (Wildman–Crippen MR) is 92.0 cm³/mol. The summed E-state index contributed by atoms with van der Waals surface area (Å²) in [6.07, 6.45) is 0. The first kappa shape index (κ1) is 14.7. The summed E-state index contributed by atoms with van der Waals surface area (Å²) < 4.78 is 0.998. The molecule has 0 aliphatic carbocycles. The number of benzene rings is 2. The largest absolute Gasteiger partial charge is 0.324 e. The highest BCUT2D eigenvalue weighted by Gasteiger charge is 2.06. The molecule has 1 heterocycles. The highest BCUT2D eigenvalue weighted by Crippen LogP contribution is 2.20. The van der Waals surface area contributed by atoms with Crippen molar-refractivity contribution < 1.29 is 0 Å². The lowest BCUT2D eigenvalue weighted by molar-refractivity contribution is 1.06. The number of halogens is 2. The van der Waals surface area contributed by atoms with Crippen molar-refractivity contribution in [3.05, 3.63) is 64.4 Å². The lowest BCUT2D eigenvalue weighted by atomic mass is 10.3. The second kappa shape index (κ2) is 6.72. The highest BCUT2D eigenvalue weighted by molar-refractivity contribution is 9.10. The molecular weight excluding hydrogens is 366 g/mol. The van der Waals surface area contributed by atoms with Gasteiger partial charge in [0.1, 0.15) is 0 Å². The molecule has 0 atom stereocenters. The molecule has 0 saturated carbocycles. The number of aromatic nitrogens is 3. The minimum Gasteiger partial charge on any atom is -0.324 e. The summed E-state index contributed by atoms with van der Waals surface area (Å²) in [6.45, 7) is 0. The Hall–Kier alpha value is -2.18. The molecule has 0 spiro atoms. The van der Waals surface area contributed by atoms with E-state index in [1.807, 2.05) is 54.6 Å². The van der Waals surface area contributed by atoms with E-state index in [4.69, 9.17) is 11.6 Å². The molecule has 0 aliphatic heterocycles. The van der Waals surface area contributed by atoms with E-state index in [0.29, 0.717) is 11.9 Å². The van der Waals surface area contributed by atoms with Crippen molar-refractivity contribution in [3.63, 3.8) is 0 Å².